The largest absolute Gasteiger partial charge is 0.493 e. The lowest BCUT2D eigenvalue weighted by molar-refractivity contribution is 0.177. The Balaban J connectivity index is 2.08. The van der Waals surface area contributed by atoms with Crippen molar-refractivity contribution < 1.29 is 9.84 Å². The molecule has 1 aromatic carbocycles. The summed E-state index contributed by atoms with van der Waals surface area (Å²) in [7, 11) is 0. The van der Waals surface area contributed by atoms with Gasteiger partial charge < -0.3 is 15.2 Å². The normalized spacial score (nSPS) is 21.6. The second kappa shape index (κ2) is 4.64. The first-order valence-corrected chi connectivity index (χ1v) is 5.40. The SMILES string of the molecule is CC(O)CNC1CCOc2ccccc21. The maximum atomic E-state index is 9.24. The van der Waals surface area contributed by atoms with Gasteiger partial charge in [-0.3, -0.25) is 0 Å². The Morgan fingerprint density at radius 2 is 2.33 bits per heavy atom. The van der Waals surface area contributed by atoms with Crippen molar-refractivity contribution in [2.45, 2.75) is 25.5 Å². The molecule has 0 bridgehead atoms. The van der Waals surface area contributed by atoms with Gasteiger partial charge in [-0.2, -0.15) is 0 Å². The Labute approximate surface area is 90.1 Å². The molecule has 0 amide bonds. The van der Waals surface area contributed by atoms with Crippen molar-refractivity contribution >= 4 is 0 Å². The molecule has 15 heavy (non-hydrogen) atoms. The van der Waals surface area contributed by atoms with Crippen LogP contribution in [0.2, 0.25) is 0 Å². The summed E-state index contributed by atoms with van der Waals surface area (Å²) in [6.45, 7) is 3.16. The van der Waals surface area contributed by atoms with Gasteiger partial charge >= 0.3 is 0 Å². The van der Waals surface area contributed by atoms with E-state index >= 15 is 0 Å². The van der Waals surface area contributed by atoms with Crippen LogP contribution in [0.25, 0.3) is 0 Å². The highest BCUT2D eigenvalue weighted by Gasteiger charge is 2.20. The van der Waals surface area contributed by atoms with Crippen molar-refractivity contribution in [3.63, 3.8) is 0 Å². The molecule has 1 aliphatic heterocycles. The molecule has 3 nitrogen and oxygen atoms in total. The van der Waals surface area contributed by atoms with E-state index in [1.54, 1.807) is 6.92 Å². The number of nitrogens with one attached hydrogen (secondary N) is 1. The molecule has 0 saturated carbocycles. The Hall–Kier alpha value is -1.06. The summed E-state index contributed by atoms with van der Waals surface area (Å²) in [6.07, 6.45) is 0.656. The van der Waals surface area contributed by atoms with E-state index in [4.69, 9.17) is 4.74 Å². The molecule has 2 unspecified atom stereocenters. The van der Waals surface area contributed by atoms with E-state index in [2.05, 4.69) is 11.4 Å². The highest BCUT2D eigenvalue weighted by atomic mass is 16.5. The fraction of sp³-hybridized carbons (Fsp3) is 0.500. The van der Waals surface area contributed by atoms with E-state index in [0.29, 0.717) is 12.6 Å². The molecular formula is C12H17NO2. The third-order valence-corrected chi connectivity index (χ3v) is 2.62. The molecular weight excluding hydrogens is 190 g/mol. The summed E-state index contributed by atoms with van der Waals surface area (Å²) in [6, 6.07) is 8.38. The number of ether oxygens (including phenoxy) is 1. The average Bonchev–Trinajstić information content (AvgIpc) is 2.26. The van der Waals surface area contributed by atoms with Gasteiger partial charge in [0.25, 0.3) is 0 Å². The maximum Gasteiger partial charge on any atom is 0.124 e. The van der Waals surface area contributed by atoms with Crippen molar-refractivity contribution in [1.29, 1.82) is 0 Å². The average molecular weight is 207 g/mol. The van der Waals surface area contributed by atoms with Gasteiger partial charge in [-0.05, 0) is 13.0 Å². The van der Waals surface area contributed by atoms with Crippen LogP contribution < -0.4 is 10.1 Å². The second-order valence-corrected chi connectivity index (χ2v) is 3.98. The van der Waals surface area contributed by atoms with Crippen LogP contribution in [0.15, 0.2) is 24.3 Å². The number of aliphatic hydroxyl groups excluding tert-OH is 1. The van der Waals surface area contributed by atoms with E-state index in [0.717, 1.165) is 18.8 Å². The van der Waals surface area contributed by atoms with Crippen molar-refractivity contribution in [3.8, 4) is 5.75 Å². The molecule has 0 fully saturated rings. The first-order valence-electron chi connectivity index (χ1n) is 5.40. The number of hydrogen-bond acceptors (Lipinski definition) is 3. The molecule has 2 N–H and O–H groups in total. The summed E-state index contributed by atoms with van der Waals surface area (Å²) in [5.74, 6) is 0.965. The molecule has 1 heterocycles. The molecule has 2 rings (SSSR count). The quantitative estimate of drug-likeness (QED) is 0.789. The van der Waals surface area contributed by atoms with Crippen molar-refractivity contribution in [3.05, 3.63) is 29.8 Å². The summed E-state index contributed by atoms with van der Waals surface area (Å²) in [4.78, 5) is 0. The van der Waals surface area contributed by atoms with E-state index in [1.165, 1.54) is 5.56 Å². The molecule has 82 valence electrons. The third-order valence-electron chi connectivity index (χ3n) is 2.62. The van der Waals surface area contributed by atoms with Gasteiger partial charge in [0.05, 0.1) is 12.7 Å². The van der Waals surface area contributed by atoms with Gasteiger partial charge in [0.15, 0.2) is 0 Å². The zero-order valence-corrected chi connectivity index (χ0v) is 8.94. The number of aliphatic hydroxyl groups is 1. The number of rotatable bonds is 3. The minimum absolute atomic E-state index is 0.306. The lowest BCUT2D eigenvalue weighted by Crippen LogP contribution is -2.32. The van der Waals surface area contributed by atoms with Crippen LogP contribution in [-0.4, -0.2) is 24.4 Å². The van der Waals surface area contributed by atoms with E-state index in [9.17, 15) is 5.11 Å². The van der Waals surface area contributed by atoms with Crippen LogP contribution in [0.1, 0.15) is 24.9 Å². The summed E-state index contributed by atoms with van der Waals surface area (Å²) >= 11 is 0. The van der Waals surface area contributed by atoms with Crippen LogP contribution in [0, 0.1) is 0 Å². The number of benzene rings is 1. The van der Waals surface area contributed by atoms with Gasteiger partial charge in [-0.1, -0.05) is 18.2 Å². The van der Waals surface area contributed by atoms with Gasteiger partial charge in [0, 0.05) is 24.6 Å². The van der Waals surface area contributed by atoms with Crippen LogP contribution in [-0.2, 0) is 0 Å². The van der Waals surface area contributed by atoms with Gasteiger partial charge in [-0.15, -0.1) is 0 Å². The fourth-order valence-electron chi connectivity index (χ4n) is 1.87. The lowest BCUT2D eigenvalue weighted by Gasteiger charge is -2.27. The Bertz CT molecular complexity index is 325. The van der Waals surface area contributed by atoms with Gasteiger partial charge in [0.2, 0.25) is 0 Å². The molecule has 0 spiro atoms. The van der Waals surface area contributed by atoms with Crippen molar-refractivity contribution in [2.24, 2.45) is 0 Å². The smallest absolute Gasteiger partial charge is 0.124 e. The fourth-order valence-corrected chi connectivity index (χ4v) is 1.87. The standard InChI is InChI=1S/C12H17NO2/c1-9(14)8-13-11-6-7-15-12-5-3-2-4-10(11)12/h2-5,9,11,13-14H,6-8H2,1H3. The second-order valence-electron chi connectivity index (χ2n) is 3.98. The summed E-state index contributed by atoms with van der Waals surface area (Å²) in [5, 5.41) is 12.6. The van der Waals surface area contributed by atoms with E-state index in [-0.39, 0.29) is 6.10 Å². The zero-order valence-electron chi connectivity index (χ0n) is 8.94. The molecule has 3 heteroatoms. The topological polar surface area (TPSA) is 41.5 Å². The molecule has 2 atom stereocenters. The predicted molar refractivity (Wildman–Crippen MR) is 59.0 cm³/mol. The van der Waals surface area contributed by atoms with E-state index < -0.39 is 0 Å². The van der Waals surface area contributed by atoms with Gasteiger partial charge in [0.1, 0.15) is 5.75 Å². The summed E-state index contributed by atoms with van der Waals surface area (Å²) < 4.78 is 5.56. The van der Waals surface area contributed by atoms with Crippen LogP contribution in [0.4, 0.5) is 0 Å². The van der Waals surface area contributed by atoms with Crippen LogP contribution >= 0.6 is 0 Å². The van der Waals surface area contributed by atoms with Crippen LogP contribution in [0.3, 0.4) is 0 Å². The number of fused-ring (bicyclic) bond motifs is 1. The monoisotopic (exact) mass is 207 g/mol. The molecule has 0 aliphatic carbocycles. The molecule has 1 aliphatic rings. The summed E-state index contributed by atoms with van der Waals surface area (Å²) in [5.41, 5.74) is 1.20. The maximum absolute atomic E-state index is 9.24. The van der Waals surface area contributed by atoms with Crippen molar-refractivity contribution in [2.75, 3.05) is 13.2 Å². The minimum Gasteiger partial charge on any atom is -0.493 e. The first-order chi connectivity index (χ1) is 7.27. The van der Waals surface area contributed by atoms with Gasteiger partial charge in [-0.25, -0.2) is 0 Å². The molecule has 0 saturated heterocycles. The Morgan fingerprint density at radius 1 is 1.53 bits per heavy atom. The molecule has 1 aromatic rings. The molecule has 0 radical (unpaired) electrons. The number of para-hydroxylation sites is 1. The third kappa shape index (κ3) is 2.49. The lowest BCUT2D eigenvalue weighted by atomic mass is 10.0. The van der Waals surface area contributed by atoms with Crippen molar-refractivity contribution in [1.82, 2.24) is 5.32 Å². The number of hydrogen-bond donors (Lipinski definition) is 2. The van der Waals surface area contributed by atoms with E-state index in [1.807, 2.05) is 18.2 Å². The molecule has 0 aromatic heterocycles. The van der Waals surface area contributed by atoms with Crippen LogP contribution in [0.5, 0.6) is 5.75 Å². The highest BCUT2D eigenvalue weighted by Crippen LogP contribution is 2.31. The minimum atomic E-state index is -0.306. The highest BCUT2D eigenvalue weighted by molar-refractivity contribution is 5.37. The zero-order chi connectivity index (χ0) is 10.7. The predicted octanol–water partition coefficient (Wildman–Crippen LogP) is 1.48. The first kappa shape index (κ1) is 10.5. The Kier molecular flexibility index (Phi) is 3.23. The Morgan fingerprint density at radius 3 is 3.13 bits per heavy atom.